The molecule has 1 aromatic rings. The number of sulfone groups is 1. The summed E-state index contributed by atoms with van der Waals surface area (Å²) in [6, 6.07) is 9.53. The van der Waals surface area contributed by atoms with Gasteiger partial charge in [0.1, 0.15) is 6.04 Å². The molecule has 1 heterocycles. The van der Waals surface area contributed by atoms with Crippen molar-refractivity contribution in [3.8, 4) is 0 Å². The Labute approximate surface area is 138 Å². The Morgan fingerprint density at radius 2 is 1.70 bits per heavy atom. The van der Waals surface area contributed by atoms with Gasteiger partial charge in [0.15, 0.2) is 9.84 Å². The second kappa shape index (κ2) is 7.01. The lowest BCUT2D eigenvalue weighted by atomic mass is 10.0. The highest BCUT2D eigenvalue weighted by Gasteiger charge is 2.33. The van der Waals surface area contributed by atoms with Crippen LogP contribution in [0.3, 0.4) is 0 Å². The number of nitrogens with one attached hydrogen (secondary N) is 1. The van der Waals surface area contributed by atoms with Gasteiger partial charge in [0.05, 0.1) is 11.5 Å². The van der Waals surface area contributed by atoms with E-state index in [1.54, 1.807) is 0 Å². The van der Waals surface area contributed by atoms with Crippen LogP contribution in [0.15, 0.2) is 30.3 Å². The standard InChI is InChI=1S/C17H24N2O3S/c20-17(18-15-8-4-5-9-15)16(14-6-2-1-3-7-14)19-10-12-23(21,22)13-11-19/h1-3,6-7,15-16H,4-5,8-13H2,(H,18,20). The first-order chi connectivity index (χ1) is 11.1. The number of carbonyl (C=O) groups excluding carboxylic acids is 1. The van der Waals surface area contributed by atoms with E-state index in [0.29, 0.717) is 13.1 Å². The average Bonchev–Trinajstić information content (AvgIpc) is 3.03. The van der Waals surface area contributed by atoms with Gasteiger partial charge in [-0.2, -0.15) is 0 Å². The summed E-state index contributed by atoms with van der Waals surface area (Å²) in [7, 11) is -2.95. The normalized spacial score (nSPS) is 23.5. The number of hydrogen-bond donors (Lipinski definition) is 1. The van der Waals surface area contributed by atoms with Crippen molar-refractivity contribution in [1.82, 2.24) is 10.2 Å². The maximum atomic E-state index is 12.9. The molecular formula is C17H24N2O3S. The molecule has 1 N–H and O–H groups in total. The summed E-state index contributed by atoms with van der Waals surface area (Å²) in [5, 5.41) is 3.17. The minimum atomic E-state index is -2.95. The summed E-state index contributed by atoms with van der Waals surface area (Å²) < 4.78 is 23.4. The first-order valence-electron chi connectivity index (χ1n) is 8.35. The zero-order chi connectivity index (χ0) is 16.3. The number of benzene rings is 1. The molecule has 1 aliphatic carbocycles. The Balaban J connectivity index is 1.78. The number of nitrogens with zero attached hydrogens (tertiary/aromatic N) is 1. The first kappa shape index (κ1) is 16.5. The molecule has 126 valence electrons. The van der Waals surface area contributed by atoms with Crippen LogP contribution in [-0.4, -0.2) is 49.9 Å². The van der Waals surface area contributed by atoms with E-state index in [0.717, 1.165) is 18.4 Å². The van der Waals surface area contributed by atoms with E-state index in [4.69, 9.17) is 0 Å². The third-order valence-corrected chi connectivity index (χ3v) is 6.42. The molecule has 0 aromatic heterocycles. The summed E-state index contributed by atoms with van der Waals surface area (Å²) in [5.41, 5.74) is 0.933. The number of hydrogen-bond acceptors (Lipinski definition) is 4. The van der Waals surface area contributed by atoms with Crippen molar-refractivity contribution < 1.29 is 13.2 Å². The molecule has 23 heavy (non-hydrogen) atoms. The summed E-state index contributed by atoms with van der Waals surface area (Å²) in [6.45, 7) is 0.833. The summed E-state index contributed by atoms with van der Waals surface area (Å²) in [5.74, 6) is 0.266. The van der Waals surface area contributed by atoms with Crippen molar-refractivity contribution in [2.45, 2.75) is 37.8 Å². The maximum Gasteiger partial charge on any atom is 0.242 e. The van der Waals surface area contributed by atoms with Gasteiger partial charge < -0.3 is 5.32 Å². The third-order valence-electron chi connectivity index (χ3n) is 4.81. The first-order valence-corrected chi connectivity index (χ1v) is 10.2. The summed E-state index contributed by atoms with van der Waals surface area (Å²) in [6.07, 6.45) is 4.43. The Bertz CT molecular complexity index is 625. The minimum Gasteiger partial charge on any atom is -0.352 e. The lowest BCUT2D eigenvalue weighted by Gasteiger charge is -2.34. The maximum absolute atomic E-state index is 12.9. The van der Waals surface area contributed by atoms with Crippen molar-refractivity contribution in [2.75, 3.05) is 24.6 Å². The van der Waals surface area contributed by atoms with Crippen molar-refractivity contribution >= 4 is 15.7 Å². The van der Waals surface area contributed by atoms with Crippen LogP contribution in [0.2, 0.25) is 0 Å². The smallest absolute Gasteiger partial charge is 0.242 e. The van der Waals surface area contributed by atoms with Gasteiger partial charge in [-0.15, -0.1) is 0 Å². The van der Waals surface area contributed by atoms with Gasteiger partial charge in [-0.25, -0.2) is 8.42 Å². The third kappa shape index (κ3) is 4.12. The number of carbonyl (C=O) groups is 1. The molecule has 1 atom stereocenters. The highest BCUT2D eigenvalue weighted by molar-refractivity contribution is 7.91. The molecule has 0 radical (unpaired) electrons. The lowest BCUT2D eigenvalue weighted by Crippen LogP contribution is -2.49. The van der Waals surface area contributed by atoms with Gasteiger partial charge in [0, 0.05) is 19.1 Å². The highest BCUT2D eigenvalue weighted by Crippen LogP contribution is 2.25. The Hall–Kier alpha value is -1.40. The molecular weight excluding hydrogens is 312 g/mol. The zero-order valence-corrected chi connectivity index (χ0v) is 14.1. The van der Waals surface area contributed by atoms with Gasteiger partial charge in [-0.05, 0) is 18.4 Å². The van der Waals surface area contributed by atoms with Gasteiger partial charge in [-0.3, -0.25) is 9.69 Å². The molecule has 2 fully saturated rings. The minimum absolute atomic E-state index is 0.00222. The molecule has 0 spiro atoms. The SMILES string of the molecule is O=C(NC1CCCC1)C(c1ccccc1)N1CCS(=O)(=O)CC1. The molecule has 3 rings (SSSR count). The Morgan fingerprint density at radius 3 is 2.30 bits per heavy atom. The quantitative estimate of drug-likeness (QED) is 0.905. The fourth-order valence-corrected chi connectivity index (χ4v) is 4.73. The molecule has 1 saturated carbocycles. The van der Waals surface area contributed by atoms with E-state index in [1.165, 1.54) is 12.8 Å². The highest BCUT2D eigenvalue weighted by atomic mass is 32.2. The van der Waals surface area contributed by atoms with Crippen LogP contribution >= 0.6 is 0 Å². The predicted molar refractivity (Wildman–Crippen MR) is 89.8 cm³/mol. The fraction of sp³-hybridized carbons (Fsp3) is 0.588. The second-order valence-electron chi connectivity index (χ2n) is 6.49. The van der Waals surface area contributed by atoms with Crippen molar-refractivity contribution in [2.24, 2.45) is 0 Å². The molecule has 2 aliphatic rings. The van der Waals surface area contributed by atoms with E-state index in [1.807, 2.05) is 35.2 Å². The van der Waals surface area contributed by atoms with Crippen LogP contribution in [0.1, 0.15) is 37.3 Å². The Morgan fingerprint density at radius 1 is 1.09 bits per heavy atom. The van der Waals surface area contributed by atoms with E-state index in [9.17, 15) is 13.2 Å². The molecule has 1 aliphatic heterocycles. The molecule has 6 heteroatoms. The van der Waals surface area contributed by atoms with E-state index < -0.39 is 15.9 Å². The van der Waals surface area contributed by atoms with Crippen molar-refractivity contribution in [3.05, 3.63) is 35.9 Å². The predicted octanol–water partition coefficient (Wildman–Crippen LogP) is 1.52. The molecule has 1 amide bonds. The van der Waals surface area contributed by atoms with Gasteiger partial charge >= 0.3 is 0 Å². The van der Waals surface area contributed by atoms with Crippen LogP contribution in [0, 0.1) is 0 Å². The Kier molecular flexibility index (Phi) is 5.02. The van der Waals surface area contributed by atoms with E-state index >= 15 is 0 Å². The monoisotopic (exact) mass is 336 g/mol. The van der Waals surface area contributed by atoms with E-state index in [2.05, 4.69) is 5.32 Å². The largest absolute Gasteiger partial charge is 0.352 e. The summed E-state index contributed by atoms with van der Waals surface area (Å²) >= 11 is 0. The lowest BCUT2D eigenvalue weighted by molar-refractivity contribution is -0.127. The van der Waals surface area contributed by atoms with Crippen molar-refractivity contribution in [3.63, 3.8) is 0 Å². The zero-order valence-electron chi connectivity index (χ0n) is 13.3. The molecule has 1 aromatic carbocycles. The second-order valence-corrected chi connectivity index (χ2v) is 8.79. The van der Waals surface area contributed by atoms with Crippen LogP contribution < -0.4 is 5.32 Å². The van der Waals surface area contributed by atoms with Gasteiger partial charge in [0.2, 0.25) is 5.91 Å². The molecule has 1 unspecified atom stereocenters. The average molecular weight is 336 g/mol. The van der Waals surface area contributed by atoms with Crippen LogP contribution in [0.25, 0.3) is 0 Å². The topological polar surface area (TPSA) is 66.5 Å². The van der Waals surface area contributed by atoms with Crippen LogP contribution in [-0.2, 0) is 14.6 Å². The van der Waals surface area contributed by atoms with Crippen LogP contribution in [0.4, 0.5) is 0 Å². The van der Waals surface area contributed by atoms with E-state index in [-0.39, 0.29) is 23.5 Å². The number of amides is 1. The number of rotatable bonds is 4. The molecule has 5 nitrogen and oxygen atoms in total. The van der Waals surface area contributed by atoms with Crippen molar-refractivity contribution in [1.29, 1.82) is 0 Å². The van der Waals surface area contributed by atoms with Crippen LogP contribution in [0.5, 0.6) is 0 Å². The molecule has 1 saturated heterocycles. The molecule has 0 bridgehead atoms. The summed E-state index contributed by atoms with van der Waals surface area (Å²) in [4.78, 5) is 14.9. The fourth-order valence-electron chi connectivity index (χ4n) is 3.50. The van der Waals surface area contributed by atoms with Gasteiger partial charge in [-0.1, -0.05) is 43.2 Å². The van der Waals surface area contributed by atoms with Gasteiger partial charge in [0.25, 0.3) is 0 Å².